The Morgan fingerprint density at radius 2 is 1.68 bits per heavy atom. The van der Waals surface area contributed by atoms with Crippen LogP contribution < -0.4 is 4.52 Å². The SMILES string of the molecule is COP(=O)(OC)Oc1c(C)cc(O)c2ccccc12. The quantitative estimate of drug-likeness (QED) is 0.867. The number of rotatable bonds is 4. The second kappa shape index (κ2) is 5.21. The monoisotopic (exact) mass is 282 g/mol. The highest BCUT2D eigenvalue weighted by Crippen LogP contribution is 2.51. The Labute approximate surface area is 111 Å². The molecule has 0 aliphatic carbocycles. The third-order valence-electron chi connectivity index (χ3n) is 2.81. The van der Waals surface area contributed by atoms with Crippen LogP contribution in [0.1, 0.15) is 5.56 Å². The van der Waals surface area contributed by atoms with E-state index in [0.29, 0.717) is 22.1 Å². The summed E-state index contributed by atoms with van der Waals surface area (Å²) in [4.78, 5) is 0. The fourth-order valence-corrected chi connectivity index (χ4v) is 2.61. The number of hydrogen-bond acceptors (Lipinski definition) is 5. The van der Waals surface area contributed by atoms with Gasteiger partial charge in [-0.25, -0.2) is 4.57 Å². The lowest BCUT2D eigenvalue weighted by Crippen LogP contribution is -1.99. The Morgan fingerprint density at radius 1 is 1.11 bits per heavy atom. The van der Waals surface area contributed by atoms with E-state index in [-0.39, 0.29) is 5.75 Å². The van der Waals surface area contributed by atoms with Gasteiger partial charge >= 0.3 is 7.82 Å². The van der Waals surface area contributed by atoms with Crippen molar-refractivity contribution < 1.29 is 23.2 Å². The molecule has 19 heavy (non-hydrogen) atoms. The molecule has 0 saturated carbocycles. The fraction of sp³-hybridized carbons (Fsp3) is 0.231. The van der Waals surface area contributed by atoms with Crippen molar-refractivity contribution in [3.8, 4) is 11.5 Å². The second-order valence-electron chi connectivity index (χ2n) is 3.99. The van der Waals surface area contributed by atoms with Crippen molar-refractivity contribution in [1.29, 1.82) is 0 Å². The largest absolute Gasteiger partial charge is 0.529 e. The van der Waals surface area contributed by atoms with Crippen molar-refractivity contribution in [2.45, 2.75) is 6.92 Å². The lowest BCUT2D eigenvalue weighted by molar-refractivity contribution is 0.211. The van der Waals surface area contributed by atoms with Crippen LogP contribution >= 0.6 is 7.82 Å². The summed E-state index contributed by atoms with van der Waals surface area (Å²) in [5.74, 6) is 0.519. The van der Waals surface area contributed by atoms with Gasteiger partial charge in [-0.05, 0) is 18.6 Å². The highest BCUT2D eigenvalue weighted by molar-refractivity contribution is 7.48. The molecule has 2 aromatic rings. The molecular weight excluding hydrogens is 267 g/mol. The zero-order valence-corrected chi connectivity index (χ0v) is 11.8. The van der Waals surface area contributed by atoms with Crippen LogP contribution in [0, 0.1) is 6.92 Å². The maximum atomic E-state index is 12.1. The molecule has 6 heteroatoms. The van der Waals surface area contributed by atoms with Crippen LogP contribution in [0.25, 0.3) is 10.8 Å². The van der Waals surface area contributed by atoms with E-state index >= 15 is 0 Å². The molecule has 0 aliphatic heterocycles. The van der Waals surface area contributed by atoms with Crippen molar-refractivity contribution in [1.82, 2.24) is 0 Å². The van der Waals surface area contributed by atoms with Crippen LogP contribution in [0.15, 0.2) is 30.3 Å². The van der Waals surface area contributed by atoms with Gasteiger partial charge in [-0.1, -0.05) is 24.3 Å². The number of phenolic OH excluding ortho intramolecular Hbond substituents is 1. The maximum Gasteiger partial charge on any atom is 0.529 e. The average Bonchev–Trinajstić information content (AvgIpc) is 2.43. The molecule has 0 radical (unpaired) electrons. The molecular formula is C13H15O5P. The van der Waals surface area contributed by atoms with Gasteiger partial charge in [-0.2, -0.15) is 0 Å². The van der Waals surface area contributed by atoms with Crippen LogP contribution in [0.3, 0.4) is 0 Å². The lowest BCUT2D eigenvalue weighted by Gasteiger charge is -2.18. The molecule has 0 saturated heterocycles. The first-order chi connectivity index (χ1) is 9.00. The summed E-state index contributed by atoms with van der Waals surface area (Å²) in [5.41, 5.74) is 0.644. The van der Waals surface area contributed by atoms with Gasteiger partial charge < -0.3 is 9.63 Å². The predicted molar refractivity (Wildman–Crippen MR) is 72.6 cm³/mol. The number of fused-ring (bicyclic) bond motifs is 1. The van der Waals surface area contributed by atoms with Gasteiger partial charge in [-0.3, -0.25) is 9.05 Å². The van der Waals surface area contributed by atoms with E-state index in [0.717, 1.165) is 0 Å². The van der Waals surface area contributed by atoms with E-state index in [9.17, 15) is 9.67 Å². The van der Waals surface area contributed by atoms with Crippen molar-refractivity contribution >= 4 is 18.6 Å². The standard InChI is InChI=1S/C13H15O5P/c1-9-8-12(14)10-6-4-5-7-11(10)13(9)18-19(15,16-2)17-3/h4-8,14H,1-3H3. The van der Waals surface area contributed by atoms with Crippen LogP contribution in [-0.2, 0) is 13.6 Å². The summed E-state index contributed by atoms with van der Waals surface area (Å²) in [6, 6.07) is 8.67. The van der Waals surface area contributed by atoms with E-state index in [1.165, 1.54) is 14.2 Å². The van der Waals surface area contributed by atoms with Crippen molar-refractivity contribution in [2.24, 2.45) is 0 Å². The van der Waals surface area contributed by atoms with E-state index in [4.69, 9.17) is 13.6 Å². The van der Waals surface area contributed by atoms with E-state index < -0.39 is 7.82 Å². The predicted octanol–water partition coefficient (Wildman–Crippen LogP) is 3.63. The van der Waals surface area contributed by atoms with E-state index in [2.05, 4.69) is 0 Å². The molecule has 0 bridgehead atoms. The zero-order valence-electron chi connectivity index (χ0n) is 10.9. The third kappa shape index (κ3) is 2.59. The van der Waals surface area contributed by atoms with Crippen LogP contribution in [0.2, 0.25) is 0 Å². The minimum Gasteiger partial charge on any atom is -0.507 e. The molecule has 0 aromatic heterocycles. The summed E-state index contributed by atoms with van der Waals surface area (Å²) in [6.45, 7) is 1.75. The van der Waals surface area contributed by atoms with Gasteiger partial charge in [0.05, 0.1) is 0 Å². The Balaban J connectivity index is 2.63. The molecule has 0 aliphatic rings. The van der Waals surface area contributed by atoms with Gasteiger partial charge in [0.15, 0.2) is 0 Å². The number of hydrogen-bond donors (Lipinski definition) is 1. The first-order valence-corrected chi connectivity index (χ1v) is 7.09. The van der Waals surface area contributed by atoms with E-state index in [1.54, 1.807) is 37.3 Å². The number of phosphoric acid groups is 1. The Kier molecular flexibility index (Phi) is 3.80. The van der Waals surface area contributed by atoms with Crippen molar-refractivity contribution in [2.75, 3.05) is 14.2 Å². The number of phenols is 1. The highest BCUT2D eigenvalue weighted by Gasteiger charge is 2.27. The second-order valence-corrected chi connectivity index (χ2v) is 5.80. The van der Waals surface area contributed by atoms with Gasteiger partial charge in [-0.15, -0.1) is 0 Å². The molecule has 2 rings (SSSR count). The normalized spacial score (nSPS) is 11.7. The first-order valence-electron chi connectivity index (χ1n) is 5.63. The van der Waals surface area contributed by atoms with Gasteiger partial charge in [0.2, 0.25) is 0 Å². The Bertz CT molecular complexity index is 645. The molecule has 0 unspecified atom stereocenters. The molecule has 0 spiro atoms. The lowest BCUT2D eigenvalue weighted by atomic mass is 10.1. The molecule has 2 aromatic carbocycles. The summed E-state index contributed by atoms with van der Waals surface area (Å²) in [7, 11) is -1.13. The molecule has 0 atom stereocenters. The first kappa shape index (κ1) is 13.9. The third-order valence-corrected chi connectivity index (χ3v) is 4.11. The fourth-order valence-electron chi connectivity index (χ4n) is 1.85. The maximum absolute atomic E-state index is 12.1. The minimum absolute atomic E-state index is 0.144. The number of aryl methyl sites for hydroxylation is 1. The molecule has 1 N–H and O–H groups in total. The van der Waals surface area contributed by atoms with E-state index in [1.807, 2.05) is 0 Å². The van der Waals surface area contributed by atoms with Crippen LogP contribution in [0.4, 0.5) is 0 Å². The topological polar surface area (TPSA) is 65.0 Å². The van der Waals surface area contributed by atoms with Gasteiger partial charge in [0, 0.05) is 25.0 Å². The summed E-state index contributed by atoms with van der Waals surface area (Å²) in [5, 5.41) is 11.2. The number of phosphoric ester groups is 1. The zero-order chi connectivity index (χ0) is 14.0. The van der Waals surface area contributed by atoms with Crippen LogP contribution in [0.5, 0.6) is 11.5 Å². The molecule has 0 amide bonds. The van der Waals surface area contributed by atoms with Crippen molar-refractivity contribution in [3.05, 3.63) is 35.9 Å². The minimum atomic E-state index is -3.63. The molecule has 5 nitrogen and oxygen atoms in total. The number of benzene rings is 2. The smallest absolute Gasteiger partial charge is 0.507 e. The highest BCUT2D eigenvalue weighted by atomic mass is 31.2. The van der Waals surface area contributed by atoms with Gasteiger partial charge in [0.25, 0.3) is 0 Å². The van der Waals surface area contributed by atoms with Gasteiger partial charge in [0.1, 0.15) is 11.5 Å². The average molecular weight is 282 g/mol. The molecule has 102 valence electrons. The number of aromatic hydroxyl groups is 1. The summed E-state index contributed by atoms with van der Waals surface area (Å²) >= 11 is 0. The molecule has 0 fully saturated rings. The summed E-state index contributed by atoms with van der Waals surface area (Å²) < 4.78 is 27.0. The molecule has 0 heterocycles. The summed E-state index contributed by atoms with van der Waals surface area (Å²) in [6.07, 6.45) is 0. The Morgan fingerprint density at radius 3 is 2.26 bits per heavy atom. The Hall–Kier alpha value is -1.55. The van der Waals surface area contributed by atoms with Crippen molar-refractivity contribution in [3.63, 3.8) is 0 Å². The van der Waals surface area contributed by atoms with Crippen LogP contribution in [-0.4, -0.2) is 19.3 Å².